The van der Waals surface area contributed by atoms with Crippen molar-refractivity contribution in [2.45, 2.75) is 19.5 Å². The summed E-state index contributed by atoms with van der Waals surface area (Å²) in [6.07, 6.45) is 1.59. The van der Waals surface area contributed by atoms with Crippen molar-refractivity contribution >= 4 is 5.91 Å². The number of furan rings is 1. The predicted octanol–water partition coefficient (Wildman–Crippen LogP) is 2.37. The third-order valence-electron chi connectivity index (χ3n) is 2.91. The van der Waals surface area contributed by atoms with E-state index in [-0.39, 0.29) is 11.6 Å². The minimum Gasteiger partial charge on any atom is -0.468 e. The topological polar surface area (TPSA) is 68.3 Å². The molecule has 4 nitrogen and oxygen atoms in total. The van der Waals surface area contributed by atoms with Crippen LogP contribution in [0.25, 0.3) is 0 Å². The number of hydrogen-bond acceptors (Lipinski definition) is 3. The van der Waals surface area contributed by atoms with Gasteiger partial charge in [-0.05, 0) is 31.2 Å². The highest BCUT2D eigenvalue weighted by Crippen LogP contribution is 2.15. The van der Waals surface area contributed by atoms with Crippen molar-refractivity contribution in [3.05, 3.63) is 59.3 Å². The van der Waals surface area contributed by atoms with Crippen LogP contribution >= 0.6 is 0 Å². The van der Waals surface area contributed by atoms with Gasteiger partial charge in [-0.15, -0.1) is 0 Å². The average molecular weight is 262 g/mol. The van der Waals surface area contributed by atoms with Crippen LogP contribution in [0.5, 0.6) is 0 Å². The summed E-state index contributed by atoms with van der Waals surface area (Å²) in [4.78, 5) is 10.9. The van der Waals surface area contributed by atoms with Gasteiger partial charge < -0.3 is 15.5 Å². The molecule has 1 heterocycles. The van der Waals surface area contributed by atoms with Gasteiger partial charge in [0.15, 0.2) is 0 Å². The number of hydrogen-bond donors (Lipinski definition) is 2. The maximum Gasteiger partial charge on any atom is 0.248 e. The predicted molar refractivity (Wildman–Crippen MR) is 68.9 cm³/mol. The van der Waals surface area contributed by atoms with E-state index in [9.17, 15) is 9.18 Å². The van der Waals surface area contributed by atoms with E-state index in [4.69, 9.17) is 10.2 Å². The standard InChI is InChI=1S/C14H15FN2O2/c1-9(13-3-2-6-19-13)17-8-11-5-4-10(14(16)18)7-12(11)15/h2-7,9,17H,8H2,1H3,(H2,16,18)/t9-/m1/s1. The molecule has 1 atom stereocenters. The van der Waals surface area contributed by atoms with Crippen LogP contribution in [0.4, 0.5) is 4.39 Å². The van der Waals surface area contributed by atoms with Gasteiger partial charge in [0, 0.05) is 17.7 Å². The zero-order chi connectivity index (χ0) is 13.8. The Labute approximate surface area is 110 Å². The van der Waals surface area contributed by atoms with Crippen LogP contribution in [0.2, 0.25) is 0 Å². The summed E-state index contributed by atoms with van der Waals surface area (Å²) in [5.74, 6) is -0.299. The van der Waals surface area contributed by atoms with Gasteiger partial charge in [-0.1, -0.05) is 6.07 Å². The normalized spacial score (nSPS) is 12.3. The monoisotopic (exact) mass is 262 g/mol. The molecule has 0 bridgehead atoms. The lowest BCUT2D eigenvalue weighted by molar-refractivity contribution is 0.1000. The number of nitrogens with one attached hydrogen (secondary N) is 1. The molecule has 1 aromatic carbocycles. The van der Waals surface area contributed by atoms with E-state index in [1.807, 2.05) is 13.0 Å². The minimum atomic E-state index is -0.637. The molecule has 2 aromatic rings. The largest absolute Gasteiger partial charge is 0.468 e. The first-order valence-corrected chi connectivity index (χ1v) is 5.93. The first-order valence-electron chi connectivity index (χ1n) is 5.93. The van der Waals surface area contributed by atoms with Crippen LogP contribution in [-0.2, 0) is 6.54 Å². The van der Waals surface area contributed by atoms with Crippen LogP contribution in [0.3, 0.4) is 0 Å². The highest BCUT2D eigenvalue weighted by atomic mass is 19.1. The van der Waals surface area contributed by atoms with Crippen molar-refractivity contribution in [1.82, 2.24) is 5.32 Å². The van der Waals surface area contributed by atoms with Gasteiger partial charge in [0.2, 0.25) is 5.91 Å². The molecule has 2 rings (SSSR count). The highest BCUT2D eigenvalue weighted by molar-refractivity contribution is 5.92. The summed E-state index contributed by atoms with van der Waals surface area (Å²) >= 11 is 0. The van der Waals surface area contributed by atoms with E-state index in [0.717, 1.165) is 11.8 Å². The molecule has 19 heavy (non-hydrogen) atoms. The molecule has 0 unspecified atom stereocenters. The van der Waals surface area contributed by atoms with Gasteiger partial charge in [-0.25, -0.2) is 4.39 Å². The molecule has 1 aromatic heterocycles. The maximum absolute atomic E-state index is 13.7. The minimum absolute atomic E-state index is 0.0229. The molecule has 1 amide bonds. The molecule has 0 saturated heterocycles. The van der Waals surface area contributed by atoms with Gasteiger partial charge >= 0.3 is 0 Å². The fourth-order valence-corrected chi connectivity index (χ4v) is 1.75. The van der Waals surface area contributed by atoms with Gasteiger partial charge in [-0.2, -0.15) is 0 Å². The first-order chi connectivity index (χ1) is 9.08. The van der Waals surface area contributed by atoms with E-state index in [2.05, 4.69) is 5.32 Å². The molecule has 0 aliphatic heterocycles. The van der Waals surface area contributed by atoms with Gasteiger partial charge in [0.1, 0.15) is 11.6 Å². The van der Waals surface area contributed by atoms with Gasteiger partial charge in [-0.3, -0.25) is 4.79 Å². The summed E-state index contributed by atoms with van der Waals surface area (Å²) in [6.45, 7) is 2.27. The Morgan fingerprint density at radius 1 is 1.47 bits per heavy atom. The lowest BCUT2D eigenvalue weighted by Gasteiger charge is -2.12. The van der Waals surface area contributed by atoms with Crippen molar-refractivity contribution in [1.29, 1.82) is 0 Å². The zero-order valence-electron chi connectivity index (χ0n) is 10.5. The lowest BCUT2D eigenvalue weighted by atomic mass is 10.1. The molecule has 3 N–H and O–H groups in total. The second-order valence-electron chi connectivity index (χ2n) is 4.29. The molecular weight excluding hydrogens is 247 g/mol. The molecule has 0 saturated carbocycles. The first kappa shape index (κ1) is 13.3. The van der Waals surface area contributed by atoms with E-state index in [0.29, 0.717) is 12.1 Å². The lowest BCUT2D eigenvalue weighted by Crippen LogP contribution is -2.19. The van der Waals surface area contributed by atoms with E-state index in [1.165, 1.54) is 6.07 Å². The Morgan fingerprint density at radius 2 is 2.26 bits per heavy atom. The molecule has 0 aliphatic carbocycles. The second-order valence-corrected chi connectivity index (χ2v) is 4.29. The van der Waals surface area contributed by atoms with E-state index < -0.39 is 11.7 Å². The Bertz CT molecular complexity index is 567. The third kappa shape index (κ3) is 3.20. The Hall–Kier alpha value is -2.14. The van der Waals surface area contributed by atoms with Crippen molar-refractivity contribution < 1.29 is 13.6 Å². The Morgan fingerprint density at radius 3 is 2.84 bits per heavy atom. The van der Waals surface area contributed by atoms with Crippen LogP contribution in [0.15, 0.2) is 41.0 Å². The second kappa shape index (κ2) is 5.67. The van der Waals surface area contributed by atoms with Crippen molar-refractivity contribution in [3.8, 4) is 0 Å². The van der Waals surface area contributed by atoms with Crippen LogP contribution < -0.4 is 11.1 Å². The maximum atomic E-state index is 13.7. The number of carbonyl (C=O) groups excluding carboxylic acids is 1. The molecule has 0 fully saturated rings. The Balaban J connectivity index is 2.02. The summed E-state index contributed by atoms with van der Waals surface area (Å²) < 4.78 is 19.0. The third-order valence-corrected chi connectivity index (χ3v) is 2.91. The van der Waals surface area contributed by atoms with E-state index >= 15 is 0 Å². The Kier molecular flexibility index (Phi) is 3.97. The zero-order valence-corrected chi connectivity index (χ0v) is 10.5. The quantitative estimate of drug-likeness (QED) is 0.869. The SMILES string of the molecule is C[C@@H](NCc1ccc(C(N)=O)cc1F)c1ccco1. The molecule has 100 valence electrons. The number of nitrogens with two attached hydrogens (primary N) is 1. The van der Waals surface area contributed by atoms with Crippen LogP contribution in [-0.4, -0.2) is 5.91 Å². The van der Waals surface area contributed by atoms with Crippen molar-refractivity contribution in [2.24, 2.45) is 5.73 Å². The molecule has 0 aliphatic rings. The fraction of sp³-hybridized carbons (Fsp3) is 0.214. The van der Waals surface area contributed by atoms with Crippen LogP contribution in [0.1, 0.15) is 34.6 Å². The van der Waals surface area contributed by atoms with Crippen molar-refractivity contribution in [2.75, 3.05) is 0 Å². The number of carbonyl (C=O) groups is 1. The van der Waals surface area contributed by atoms with Gasteiger partial charge in [0.05, 0.1) is 12.3 Å². The number of amides is 1. The average Bonchev–Trinajstić information content (AvgIpc) is 2.90. The fourth-order valence-electron chi connectivity index (χ4n) is 1.75. The number of benzene rings is 1. The summed E-state index contributed by atoms with van der Waals surface area (Å²) in [6, 6.07) is 7.85. The van der Waals surface area contributed by atoms with E-state index in [1.54, 1.807) is 18.4 Å². The molecular formula is C14H15FN2O2. The summed E-state index contributed by atoms with van der Waals surface area (Å²) in [7, 11) is 0. The number of rotatable bonds is 5. The summed E-state index contributed by atoms with van der Waals surface area (Å²) in [5.41, 5.74) is 5.73. The smallest absolute Gasteiger partial charge is 0.248 e. The van der Waals surface area contributed by atoms with Gasteiger partial charge in [0.25, 0.3) is 0 Å². The molecule has 0 radical (unpaired) electrons. The van der Waals surface area contributed by atoms with Crippen molar-refractivity contribution in [3.63, 3.8) is 0 Å². The molecule has 5 heteroatoms. The van der Waals surface area contributed by atoms with Crippen LogP contribution in [0, 0.1) is 5.82 Å². The number of halogens is 1. The number of primary amides is 1. The summed E-state index contributed by atoms with van der Waals surface area (Å²) in [5, 5.41) is 3.14. The molecule has 0 spiro atoms. The highest BCUT2D eigenvalue weighted by Gasteiger charge is 2.10.